The van der Waals surface area contributed by atoms with E-state index in [4.69, 9.17) is 0 Å². The molecular formula is C8H10NS. The van der Waals surface area contributed by atoms with E-state index in [-0.39, 0.29) is 0 Å². The van der Waals surface area contributed by atoms with Gasteiger partial charge >= 0.3 is 0 Å². The van der Waals surface area contributed by atoms with E-state index in [9.17, 15) is 0 Å². The first-order valence-corrected chi connectivity index (χ1v) is 4.26. The summed E-state index contributed by atoms with van der Waals surface area (Å²) in [5.74, 6) is 1.08. The first-order chi connectivity index (χ1) is 4.93. The number of hydrogen-bond acceptors (Lipinski definition) is 2. The van der Waals surface area contributed by atoms with Gasteiger partial charge in [0.25, 0.3) is 0 Å². The number of hydrogen-bond donors (Lipinski definition) is 1. The summed E-state index contributed by atoms with van der Waals surface area (Å²) >= 11 is 1.69. The third-order valence-corrected chi connectivity index (χ3v) is 1.71. The van der Waals surface area contributed by atoms with Gasteiger partial charge in [-0.25, -0.2) is 0 Å². The van der Waals surface area contributed by atoms with Crippen molar-refractivity contribution in [2.75, 3.05) is 10.5 Å². The summed E-state index contributed by atoms with van der Waals surface area (Å²) in [4.78, 5) is 0. The molecule has 0 unspecified atom stereocenters. The second kappa shape index (κ2) is 4.23. The van der Waals surface area contributed by atoms with Crippen molar-refractivity contribution in [3.05, 3.63) is 30.3 Å². The Hall–Kier alpha value is -0.630. The fourth-order valence-electron chi connectivity index (χ4n) is 0.612. The second-order valence-corrected chi connectivity index (χ2v) is 2.90. The normalized spacial score (nSPS) is 9.30. The van der Waals surface area contributed by atoms with Crippen LogP contribution >= 0.6 is 11.9 Å². The molecule has 0 atom stereocenters. The highest BCUT2D eigenvalue weighted by Gasteiger charge is 1.85. The largest absolute Gasteiger partial charge is 0.330 e. The van der Waals surface area contributed by atoms with Gasteiger partial charge < -0.3 is 4.72 Å². The summed E-state index contributed by atoms with van der Waals surface area (Å²) in [7, 11) is 0. The Morgan fingerprint density at radius 1 is 1.70 bits per heavy atom. The summed E-state index contributed by atoms with van der Waals surface area (Å²) in [5, 5.41) is 0. The number of rotatable bonds is 3. The fraction of sp³-hybridized carbons (Fsp3) is 0.250. The minimum Gasteiger partial charge on any atom is -0.330 e. The van der Waals surface area contributed by atoms with Crippen LogP contribution in [0.25, 0.3) is 0 Å². The minimum absolute atomic E-state index is 1.08. The maximum atomic E-state index is 3.18. The highest BCUT2D eigenvalue weighted by Crippen LogP contribution is 2.09. The molecule has 10 heavy (non-hydrogen) atoms. The van der Waals surface area contributed by atoms with Crippen LogP contribution in [0.4, 0.5) is 5.69 Å². The molecule has 0 aliphatic rings. The minimum atomic E-state index is 1.08. The van der Waals surface area contributed by atoms with Gasteiger partial charge in [0, 0.05) is 11.4 Å². The lowest BCUT2D eigenvalue weighted by molar-refractivity contribution is 1.52. The van der Waals surface area contributed by atoms with Crippen LogP contribution in [0.3, 0.4) is 0 Å². The standard InChI is InChI=1S/C8H10NS/c1-2-10-9-8-6-4-3-5-7-8/h3-4,6-7,9H,2H2,1H3. The molecule has 0 aliphatic carbocycles. The molecule has 53 valence electrons. The molecule has 0 heterocycles. The zero-order valence-corrected chi connectivity index (χ0v) is 6.74. The number of nitrogens with one attached hydrogen (secondary N) is 1. The predicted octanol–water partition coefficient (Wildman–Crippen LogP) is 2.57. The maximum Gasteiger partial charge on any atom is 0.0446 e. The highest BCUT2D eigenvalue weighted by molar-refractivity contribution is 8.00. The van der Waals surface area contributed by atoms with Crippen molar-refractivity contribution in [3.63, 3.8) is 0 Å². The van der Waals surface area contributed by atoms with Gasteiger partial charge in [-0.2, -0.15) is 0 Å². The first-order valence-electron chi connectivity index (χ1n) is 3.27. The lowest BCUT2D eigenvalue weighted by Gasteiger charge is -2.00. The SMILES string of the molecule is CCSNc1c[c]ccc1. The van der Waals surface area contributed by atoms with Gasteiger partial charge in [0.2, 0.25) is 0 Å². The van der Waals surface area contributed by atoms with Crippen molar-refractivity contribution in [1.29, 1.82) is 0 Å². The van der Waals surface area contributed by atoms with Crippen LogP contribution in [-0.2, 0) is 0 Å². The summed E-state index contributed by atoms with van der Waals surface area (Å²) in [6.07, 6.45) is 0. The second-order valence-electron chi connectivity index (χ2n) is 1.83. The van der Waals surface area contributed by atoms with Gasteiger partial charge in [-0.1, -0.05) is 31.0 Å². The molecule has 0 saturated heterocycles. The number of benzene rings is 1. The Kier molecular flexibility index (Phi) is 3.16. The lowest BCUT2D eigenvalue weighted by Crippen LogP contribution is -1.84. The van der Waals surface area contributed by atoms with Crippen LogP contribution in [0, 0.1) is 6.07 Å². The maximum absolute atomic E-state index is 3.18. The van der Waals surface area contributed by atoms with E-state index in [0.29, 0.717) is 0 Å². The molecule has 0 saturated carbocycles. The summed E-state index contributed by atoms with van der Waals surface area (Å²) in [6, 6.07) is 10.8. The molecular weight excluding hydrogens is 142 g/mol. The average molecular weight is 152 g/mol. The molecule has 0 amide bonds. The van der Waals surface area contributed by atoms with Crippen LogP contribution in [0.2, 0.25) is 0 Å². The predicted molar refractivity (Wildman–Crippen MR) is 47.0 cm³/mol. The summed E-state index contributed by atoms with van der Waals surface area (Å²) < 4.78 is 3.18. The van der Waals surface area contributed by atoms with Crippen molar-refractivity contribution >= 4 is 17.6 Å². The molecule has 1 nitrogen and oxygen atoms in total. The van der Waals surface area contributed by atoms with E-state index in [1.54, 1.807) is 11.9 Å². The van der Waals surface area contributed by atoms with Crippen molar-refractivity contribution in [2.45, 2.75) is 6.92 Å². The van der Waals surface area contributed by atoms with Gasteiger partial charge in [0.1, 0.15) is 0 Å². The molecule has 1 N–H and O–H groups in total. The van der Waals surface area contributed by atoms with Crippen molar-refractivity contribution < 1.29 is 0 Å². The Morgan fingerprint density at radius 3 is 3.20 bits per heavy atom. The Labute approximate surface area is 66.0 Å². The van der Waals surface area contributed by atoms with Gasteiger partial charge in [0.15, 0.2) is 0 Å². The molecule has 0 bridgehead atoms. The summed E-state index contributed by atoms with van der Waals surface area (Å²) in [6.45, 7) is 2.12. The number of anilines is 1. The van der Waals surface area contributed by atoms with Crippen LogP contribution in [0.5, 0.6) is 0 Å². The molecule has 2 heteroatoms. The molecule has 0 fully saturated rings. The van der Waals surface area contributed by atoms with Gasteiger partial charge in [0.05, 0.1) is 0 Å². The van der Waals surface area contributed by atoms with Crippen molar-refractivity contribution in [1.82, 2.24) is 0 Å². The topological polar surface area (TPSA) is 12.0 Å². The zero-order valence-electron chi connectivity index (χ0n) is 5.92. The molecule has 1 aromatic carbocycles. The molecule has 0 spiro atoms. The smallest absolute Gasteiger partial charge is 0.0446 e. The quantitative estimate of drug-likeness (QED) is 0.668. The van der Waals surface area contributed by atoms with E-state index in [0.717, 1.165) is 11.4 Å². The Morgan fingerprint density at radius 2 is 2.60 bits per heavy atom. The zero-order chi connectivity index (χ0) is 7.23. The highest BCUT2D eigenvalue weighted by atomic mass is 32.2. The van der Waals surface area contributed by atoms with Crippen molar-refractivity contribution in [2.24, 2.45) is 0 Å². The van der Waals surface area contributed by atoms with Gasteiger partial charge in [-0.3, -0.25) is 0 Å². The van der Waals surface area contributed by atoms with E-state index >= 15 is 0 Å². The van der Waals surface area contributed by atoms with Crippen LogP contribution in [-0.4, -0.2) is 5.75 Å². The molecule has 0 aromatic heterocycles. The van der Waals surface area contributed by atoms with Gasteiger partial charge in [-0.15, -0.1) is 0 Å². The van der Waals surface area contributed by atoms with E-state index in [2.05, 4.69) is 17.7 Å². The van der Waals surface area contributed by atoms with Crippen LogP contribution in [0.15, 0.2) is 24.3 Å². The lowest BCUT2D eigenvalue weighted by atomic mass is 10.3. The Bertz CT molecular complexity index is 174. The van der Waals surface area contributed by atoms with E-state index in [1.807, 2.05) is 24.3 Å². The molecule has 1 radical (unpaired) electrons. The van der Waals surface area contributed by atoms with Crippen molar-refractivity contribution in [3.8, 4) is 0 Å². The van der Waals surface area contributed by atoms with Gasteiger partial charge in [-0.05, 0) is 18.2 Å². The average Bonchev–Trinajstić information content (AvgIpc) is 2.03. The first kappa shape index (κ1) is 7.48. The molecule has 1 aromatic rings. The third-order valence-electron chi connectivity index (χ3n) is 1.04. The third kappa shape index (κ3) is 2.31. The monoisotopic (exact) mass is 152 g/mol. The Balaban J connectivity index is 2.43. The molecule has 0 aliphatic heterocycles. The summed E-state index contributed by atoms with van der Waals surface area (Å²) in [5.41, 5.74) is 1.12. The van der Waals surface area contributed by atoms with Crippen LogP contribution in [0.1, 0.15) is 6.92 Å². The fourth-order valence-corrected chi connectivity index (χ4v) is 1.05. The van der Waals surface area contributed by atoms with Crippen LogP contribution < -0.4 is 4.72 Å². The molecule has 1 rings (SSSR count). The van der Waals surface area contributed by atoms with E-state index < -0.39 is 0 Å². The van der Waals surface area contributed by atoms with E-state index in [1.165, 1.54) is 0 Å².